The van der Waals surface area contributed by atoms with Crippen LogP contribution >= 0.6 is 0 Å². The highest BCUT2D eigenvalue weighted by atomic mass is 19.1. The lowest BCUT2D eigenvalue weighted by Crippen LogP contribution is -2.42. The fourth-order valence-corrected chi connectivity index (χ4v) is 2.61. The highest BCUT2D eigenvalue weighted by Gasteiger charge is 2.26. The summed E-state index contributed by atoms with van der Waals surface area (Å²) in [6.45, 7) is 3.51. The summed E-state index contributed by atoms with van der Waals surface area (Å²) in [6, 6.07) is 6.16. The number of carbonyl (C=O) groups is 1. The van der Waals surface area contributed by atoms with Crippen LogP contribution in [0.25, 0.3) is 0 Å². The first-order chi connectivity index (χ1) is 11.6. The van der Waals surface area contributed by atoms with Gasteiger partial charge in [-0.05, 0) is 19.1 Å². The number of aromatic amines is 1. The number of amides is 1. The van der Waals surface area contributed by atoms with E-state index in [0.29, 0.717) is 19.7 Å². The second-order valence-corrected chi connectivity index (χ2v) is 5.68. The quantitative estimate of drug-likeness (QED) is 0.911. The highest BCUT2D eigenvalue weighted by molar-refractivity contribution is 5.76. The van der Waals surface area contributed by atoms with E-state index < -0.39 is 5.82 Å². The van der Waals surface area contributed by atoms with Gasteiger partial charge in [-0.2, -0.15) is 0 Å². The first-order valence-corrected chi connectivity index (χ1v) is 7.91. The van der Waals surface area contributed by atoms with Crippen LogP contribution in [0.5, 0.6) is 5.75 Å². The van der Waals surface area contributed by atoms with E-state index in [1.807, 2.05) is 6.92 Å². The standard InChI is InChI=1S/C17H20FN3O3/c1-12-10-19-17(20-12)15-11-21(7-9-24-15)16(22)6-8-23-14-5-3-2-4-13(14)18/h2-5,10,15H,6-9,11H2,1H3,(H,19,20)/t15-/m1/s1. The molecule has 7 heteroatoms. The van der Waals surface area contributed by atoms with Gasteiger partial charge in [0.25, 0.3) is 0 Å². The topological polar surface area (TPSA) is 67.5 Å². The minimum absolute atomic E-state index is 0.0390. The Morgan fingerprint density at radius 2 is 2.33 bits per heavy atom. The molecule has 0 aliphatic carbocycles. The number of nitrogens with one attached hydrogen (secondary N) is 1. The Morgan fingerprint density at radius 1 is 1.50 bits per heavy atom. The molecule has 1 atom stereocenters. The number of imidazole rings is 1. The first kappa shape index (κ1) is 16.4. The van der Waals surface area contributed by atoms with Gasteiger partial charge in [0.1, 0.15) is 11.9 Å². The van der Waals surface area contributed by atoms with Crippen molar-refractivity contribution in [1.82, 2.24) is 14.9 Å². The minimum atomic E-state index is -0.426. The van der Waals surface area contributed by atoms with Gasteiger partial charge in [-0.1, -0.05) is 12.1 Å². The van der Waals surface area contributed by atoms with Crippen LogP contribution in [0.1, 0.15) is 24.0 Å². The normalized spacial score (nSPS) is 17.8. The minimum Gasteiger partial charge on any atom is -0.490 e. The number of H-pyrrole nitrogens is 1. The molecular weight excluding hydrogens is 313 g/mol. The summed E-state index contributed by atoms with van der Waals surface area (Å²) in [6.07, 6.45) is 1.68. The Bertz CT molecular complexity index is 704. The van der Waals surface area contributed by atoms with E-state index in [0.717, 1.165) is 11.5 Å². The third-order valence-corrected chi connectivity index (χ3v) is 3.86. The van der Waals surface area contributed by atoms with Crippen LogP contribution in [0.4, 0.5) is 4.39 Å². The number of benzene rings is 1. The molecule has 1 aromatic heterocycles. The molecule has 2 heterocycles. The third kappa shape index (κ3) is 3.91. The van der Waals surface area contributed by atoms with Crippen LogP contribution in [-0.2, 0) is 9.53 Å². The fraction of sp³-hybridized carbons (Fsp3) is 0.412. The summed E-state index contributed by atoms with van der Waals surface area (Å²) in [5.74, 6) is 0.427. The summed E-state index contributed by atoms with van der Waals surface area (Å²) in [7, 11) is 0. The lowest BCUT2D eigenvalue weighted by atomic mass is 10.2. The number of ether oxygens (including phenoxy) is 2. The van der Waals surface area contributed by atoms with Gasteiger partial charge in [0, 0.05) is 18.4 Å². The molecule has 1 aliphatic heterocycles. The van der Waals surface area contributed by atoms with E-state index >= 15 is 0 Å². The molecule has 128 valence electrons. The van der Waals surface area contributed by atoms with Gasteiger partial charge in [-0.15, -0.1) is 0 Å². The van der Waals surface area contributed by atoms with Crippen LogP contribution in [0.3, 0.4) is 0 Å². The molecule has 1 aliphatic rings. The monoisotopic (exact) mass is 333 g/mol. The van der Waals surface area contributed by atoms with Gasteiger partial charge in [-0.25, -0.2) is 9.37 Å². The maximum atomic E-state index is 13.5. The van der Waals surface area contributed by atoms with Crippen molar-refractivity contribution in [3.8, 4) is 5.75 Å². The van der Waals surface area contributed by atoms with Gasteiger partial charge >= 0.3 is 0 Å². The molecule has 0 spiro atoms. The number of rotatable bonds is 5. The van der Waals surface area contributed by atoms with E-state index in [-0.39, 0.29) is 30.8 Å². The number of hydrogen-bond donors (Lipinski definition) is 1. The molecule has 1 saturated heterocycles. The zero-order valence-electron chi connectivity index (χ0n) is 13.5. The second-order valence-electron chi connectivity index (χ2n) is 5.68. The molecule has 0 bridgehead atoms. The van der Waals surface area contributed by atoms with E-state index in [4.69, 9.17) is 9.47 Å². The van der Waals surface area contributed by atoms with Gasteiger partial charge in [-0.3, -0.25) is 4.79 Å². The zero-order chi connectivity index (χ0) is 16.9. The summed E-state index contributed by atoms with van der Waals surface area (Å²) < 4.78 is 24.5. The molecule has 2 aromatic rings. The predicted octanol–water partition coefficient (Wildman–Crippen LogP) is 2.23. The molecule has 0 radical (unpaired) electrons. The van der Waals surface area contributed by atoms with E-state index in [2.05, 4.69) is 9.97 Å². The van der Waals surface area contributed by atoms with Crippen molar-refractivity contribution in [2.45, 2.75) is 19.4 Å². The number of halogens is 1. The van der Waals surface area contributed by atoms with Crippen LogP contribution in [-0.4, -0.2) is 47.1 Å². The average Bonchev–Trinajstić information content (AvgIpc) is 3.03. The summed E-state index contributed by atoms with van der Waals surface area (Å²) in [4.78, 5) is 21.4. The molecule has 1 aromatic carbocycles. The summed E-state index contributed by atoms with van der Waals surface area (Å²) in [5, 5.41) is 0. The van der Waals surface area contributed by atoms with Crippen LogP contribution in [0, 0.1) is 12.7 Å². The Hall–Kier alpha value is -2.41. The predicted molar refractivity (Wildman–Crippen MR) is 85.1 cm³/mol. The Labute approximate surface area is 139 Å². The number of hydrogen-bond acceptors (Lipinski definition) is 4. The van der Waals surface area contributed by atoms with Crippen molar-refractivity contribution in [3.05, 3.63) is 47.8 Å². The molecule has 24 heavy (non-hydrogen) atoms. The Balaban J connectivity index is 1.50. The maximum Gasteiger partial charge on any atom is 0.226 e. The van der Waals surface area contributed by atoms with Gasteiger partial charge in [0.05, 0.1) is 26.2 Å². The lowest BCUT2D eigenvalue weighted by Gasteiger charge is -2.32. The number of morpholine rings is 1. The third-order valence-electron chi connectivity index (χ3n) is 3.86. The molecule has 6 nitrogen and oxygen atoms in total. The second kappa shape index (κ2) is 7.44. The molecule has 1 N–H and O–H groups in total. The van der Waals surface area contributed by atoms with Crippen molar-refractivity contribution < 1.29 is 18.7 Å². The van der Waals surface area contributed by atoms with Crippen molar-refractivity contribution >= 4 is 5.91 Å². The van der Waals surface area contributed by atoms with Gasteiger partial charge < -0.3 is 19.4 Å². The molecule has 0 saturated carbocycles. The number of nitrogens with zero attached hydrogens (tertiary/aromatic N) is 2. The Kier molecular flexibility index (Phi) is 5.10. The number of carbonyl (C=O) groups excluding carboxylic acids is 1. The largest absolute Gasteiger partial charge is 0.490 e. The van der Waals surface area contributed by atoms with E-state index in [1.165, 1.54) is 6.07 Å². The van der Waals surface area contributed by atoms with Crippen molar-refractivity contribution in [2.24, 2.45) is 0 Å². The van der Waals surface area contributed by atoms with Crippen molar-refractivity contribution in [1.29, 1.82) is 0 Å². The van der Waals surface area contributed by atoms with E-state index in [9.17, 15) is 9.18 Å². The number of aryl methyl sites for hydroxylation is 1. The van der Waals surface area contributed by atoms with Crippen molar-refractivity contribution in [2.75, 3.05) is 26.3 Å². The summed E-state index contributed by atoms with van der Waals surface area (Å²) >= 11 is 0. The smallest absolute Gasteiger partial charge is 0.226 e. The molecule has 1 fully saturated rings. The summed E-state index contributed by atoms with van der Waals surface area (Å²) in [5.41, 5.74) is 0.954. The first-order valence-electron chi connectivity index (χ1n) is 7.91. The highest BCUT2D eigenvalue weighted by Crippen LogP contribution is 2.20. The SMILES string of the molecule is Cc1cnc([C@H]2CN(C(=O)CCOc3ccccc3F)CCO2)[nH]1. The Morgan fingerprint density at radius 3 is 3.08 bits per heavy atom. The van der Waals surface area contributed by atoms with Crippen LogP contribution in [0.15, 0.2) is 30.5 Å². The van der Waals surface area contributed by atoms with Crippen LogP contribution < -0.4 is 4.74 Å². The number of para-hydroxylation sites is 1. The fourth-order valence-electron chi connectivity index (χ4n) is 2.61. The molecular formula is C17H20FN3O3. The van der Waals surface area contributed by atoms with Gasteiger partial charge in [0.2, 0.25) is 5.91 Å². The average molecular weight is 333 g/mol. The lowest BCUT2D eigenvalue weighted by molar-refractivity contribution is -0.139. The van der Waals surface area contributed by atoms with Gasteiger partial charge in [0.15, 0.2) is 11.6 Å². The molecule has 0 unspecified atom stereocenters. The number of aromatic nitrogens is 2. The van der Waals surface area contributed by atoms with E-state index in [1.54, 1.807) is 29.3 Å². The zero-order valence-corrected chi connectivity index (χ0v) is 13.5. The maximum absolute atomic E-state index is 13.5. The van der Waals surface area contributed by atoms with Crippen LogP contribution in [0.2, 0.25) is 0 Å². The van der Waals surface area contributed by atoms with Crippen molar-refractivity contribution in [3.63, 3.8) is 0 Å². The molecule has 1 amide bonds. The molecule has 3 rings (SSSR count).